The minimum Gasteiger partial charge on any atom is -0.494 e. The molecule has 6 heteroatoms. The number of ether oxygens (including phenoxy) is 1. The summed E-state index contributed by atoms with van der Waals surface area (Å²) in [6.07, 6.45) is 1.84. The summed E-state index contributed by atoms with van der Waals surface area (Å²) in [6.45, 7) is 9.09. The number of aromatic nitrogens is 2. The lowest BCUT2D eigenvalue weighted by Crippen LogP contribution is -2.29. The fraction of sp³-hybridized carbons (Fsp3) is 0.241. The van der Waals surface area contributed by atoms with Gasteiger partial charge in [-0.05, 0) is 100 Å². The molecule has 1 N–H and O–H groups in total. The Kier molecular flexibility index (Phi) is 6.31. The molecule has 1 aliphatic rings. The van der Waals surface area contributed by atoms with E-state index in [0.717, 1.165) is 22.8 Å². The van der Waals surface area contributed by atoms with Gasteiger partial charge in [0.05, 0.1) is 24.4 Å². The quantitative estimate of drug-likeness (QED) is 0.323. The van der Waals surface area contributed by atoms with Crippen molar-refractivity contribution in [2.45, 2.75) is 39.8 Å². The van der Waals surface area contributed by atoms with E-state index in [4.69, 9.17) is 17.0 Å². The van der Waals surface area contributed by atoms with Gasteiger partial charge >= 0.3 is 0 Å². The van der Waals surface area contributed by atoms with Gasteiger partial charge in [-0.1, -0.05) is 23.8 Å². The summed E-state index contributed by atoms with van der Waals surface area (Å²) in [6, 6.07) is 25.0. The van der Waals surface area contributed by atoms with Gasteiger partial charge in [-0.25, -0.2) is 0 Å². The number of nitrogens with zero attached hydrogens (tertiary/aromatic N) is 3. The summed E-state index contributed by atoms with van der Waals surface area (Å²) in [5.41, 5.74) is 8.00. The fourth-order valence-electron chi connectivity index (χ4n) is 5.00. The Labute approximate surface area is 212 Å². The SMILES string of the molecule is CCOc1ccc(N2C(=S)NC(c3ccccn3)C2c2cc(C)n(-c3ccc(C)cc3)c2C)cc1. The number of aryl methyl sites for hydroxylation is 2. The minimum atomic E-state index is -0.0813. The molecular weight excluding hydrogens is 452 g/mol. The van der Waals surface area contributed by atoms with Gasteiger partial charge in [0, 0.05) is 29.0 Å². The largest absolute Gasteiger partial charge is 0.494 e. The maximum Gasteiger partial charge on any atom is 0.174 e. The third-order valence-corrected chi connectivity index (χ3v) is 6.92. The van der Waals surface area contributed by atoms with Gasteiger partial charge in [0.15, 0.2) is 5.11 Å². The molecule has 1 aliphatic heterocycles. The fourth-order valence-corrected chi connectivity index (χ4v) is 5.34. The zero-order chi connectivity index (χ0) is 24.5. The number of hydrogen-bond acceptors (Lipinski definition) is 3. The van der Waals surface area contributed by atoms with Gasteiger partial charge in [0.2, 0.25) is 0 Å². The van der Waals surface area contributed by atoms with Crippen LogP contribution in [0, 0.1) is 20.8 Å². The summed E-state index contributed by atoms with van der Waals surface area (Å²) >= 11 is 5.90. The van der Waals surface area contributed by atoms with Crippen LogP contribution in [-0.4, -0.2) is 21.3 Å². The van der Waals surface area contributed by atoms with E-state index < -0.39 is 0 Å². The molecule has 2 atom stereocenters. The van der Waals surface area contributed by atoms with Crippen LogP contribution < -0.4 is 15.0 Å². The van der Waals surface area contributed by atoms with Crippen molar-refractivity contribution in [3.63, 3.8) is 0 Å². The first kappa shape index (κ1) is 23.1. The maximum atomic E-state index is 5.90. The predicted molar refractivity (Wildman–Crippen MR) is 146 cm³/mol. The second-order valence-electron chi connectivity index (χ2n) is 8.92. The molecule has 2 aromatic carbocycles. The predicted octanol–water partition coefficient (Wildman–Crippen LogP) is 6.37. The lowest BCUT2D eigenvalue weighted by Gasteiger charge is -2.28. The standard InChI is InChI=1S/C29H30N4OS/c1-5-34-24-15-13-23(14-16-24)33-28(27(31-29(33)35)26-8-6-7-17-30-26)25-18-20(3)32(21(25)4)22-11-9-19(2)10-12-22/h6-18,27-28H,5H2,1-4H3,(H,31,35). The summed E-state index contributed by atoms with van der Waals surface area (Å²) in [5, 5.41) is 4.25. The van der Waals surface area contributed by atoms with Gasteiger partial charge < -0.3 is 19.5 Å². The number of hydrogen-bond donors (Lipinski definition) is 1. The molecule has 5 nitrogen and oxygen atoms in total. The molecule has 0 spiro atoms. The van der Waals surface area contributed by atoms with Crippen molar-refractivity contribution in [3.05, 3.63) is 107 Å². The number of anilines is 1. The van der Waals surface area contributed by atoms with E-state index in [1.165, 1.54) is 22.5 Å². The molecule has 35 heavy (non-hydrogen) atoms. The summed E-state index contributed by atoms with van der Waals surface area (Å²) in [4.78, 5) is 6.90. The number of rotatable bonds is 6. The monoisotopic (exact) mass is 482 g/mol. The molecule has 4 aromatic rings. The lowest BCUT2D eigenvalue weighted by molar-refractivity contribution is 0.340. The van der Waals surface area contributed by atoms with E-state index in [1.54, 1.807) is 0 Å². The first-order chi connectivity index (χ1) is 17.0. The first-order valence-electron chi connectivity index (χ1n) is 12.0. The smallest absolute Gasteiger partial charge is 0.174 e. The Morgan fingerprint density at radius 2 is 1.66 bits per heavy atom. The third kappa shape index (κ3) is 4.30. The molecule has 1 saturated heterocycles. The Balaban J connectivity index is 1.63. The van der Waals surface area contributed by atoms with Crippen LogP contribution in [0.1, 0.15) is 47.2 Å². The highest BCUT2D eigenvalue weighted by Crippen LogP contribution is 2.44. The number of thiocarbonyl (C=S) groups is 1. The van der Waals surface area contributed by atoms with E-state index in [2.05, 4.69) is 89.1 Å². The van der Waals surface area contributed by atoms with Crippen molar-refractivity contribution in [1.29, 1.82) is 0 Å². The molecule has 0 saturated carbocycles. The van der Waals surface area contributed by atoms with Crippen LogP contribution in [0.4, 0.5) is 5.69 Å². The molecule has 0 radical (unpaired) electrons. The van der Waals surface area contributed by atoms with E-state index in [1.807, 2.05) is 37.4 Å². The first-order valence-corrected chi connectivity index (χ1v) is 12.4. The third-order valence-electron chi connectivity index (χ3n) is 6.61. The Bertz CT molecular complexity index is 1330. The number of pyridine rings is 1. The summed E-state index contributed by atoms with van der Waals surface area (Å²) in [5.74, 6) is 0.852. The highest BCUT2D eigenvalue weighted by molar-refractivity contribution is 7.80. The van der Waals surface area contributed by atoms with E-state index in [0.29, 0.717) is 11.7 Å². The topological polar surface area (TPSA) is 42.3 Å². The van der Waals surface area contributed by atoms with E-state index >= 15 is 0 Å². The van der Waals surface area contributed by atoms with Crippen molar-refractivity contribution in [2.24, 2.45) is 0 Å². The molecule has 2 unspecified atom stereocenters. The molecule has 3 heterocycles. The summed E-state index contributed by atoms with van der Waals surface area (Å²) in [7, 11) is 0. The van der Waals surface area contributed by atoms with Gasteiger partial charge in [-0.2, -0.15) is 0 Å². The minimum absolute atomic E-state index is 0.0549. The van der Waals surface area contributed by atoms with Crippen molar-refractivity contribution in [1.82, 2.24) is 14.9 Å². The van der Waals surface area contributed by atoms with Crippen molar-refractivity contribution in [2.75, 3.05) is 11.5 Å². The molecule has 178 valence electrons. The highest BCUT2D eigenvalue weighted by Gasteiger charge is 2.42. The molecule has 0 bridgehead atoms. The maximum absolute atomic E-state index is 5.90. The van der Waals surface area contributed by atoms with Gasteiger partial charge in [-0.3, -0.25) is 4.98 Å². The number of benzene rings is 2. The highest BCUT2D eigenvalue weighted by atomic mass is 32.1. The van der Waals surface area contributed by atoms with Gasteiger partial charge in [0.1, 0.15) is 5.75 Å². The number of nitrogens with one attached hydrogen (secondary N) is 1. The van der Waals surface area contributed by atoms with E-state index in [-0.39, 0.29) is 12.1 Å². The van der Waals surface area contributed by atoms with Crippen molar-refractivity contribution < 1.29 is 4.74 Å². The normalized spacial score (nSPS) is 17.5. The molecule has 2 aromatic heterocycles. The molecule has 1 fully saturated rings. The van der Waals surface area contributed by atoms with Crippen LogP contribution in [0.3, 0.4) is 0 Å². The van der Waals surface area contributed by atoms with Crippen LogP contribution in [0.5, 0.6) is 5.75 Å². The van der Waals surface area contributed by atoms with Crippen LogP contribution in [-0.2, 0) is 0 Å². The van der Waals surface area contributed by atoms with E-state index in [9.17, 15) is 0 Å². The average Bonchev–Trinajstić information content (AvgIpc) is 3.36. The molecular formula is C29H30N4OS. The Hall–Kier alpha value is -3.64. The molecule has 0 amide bonds. The van der Waals surface area contributed by atoms with Crippen molar-refractivity contribution in [3.8, 4) is 11.4 Å². The average molecular weight is 483 g/mol. The van der Waals surface area contributed by atoms with Crippen LogP contribution in [0.25, 0.3) is 5.69 Å². The zero-order valence-corrected chi connectivity index (χ0v) is 21.3. The second kappa shape index (κ2) is 9.55. The Morgan fingerprint density at radius 1 is 0.943 bits per heavy atom. The van der Waals surface area contributed by atoms with Gasteiger partial charge in [-0.15, -0.1) is 0 Å². The molecule has 5 rings (SSSR count). The second-order valence-corrected chi connectivity index (χ2v) is 9.31. The zero-order valence-electron chi connectivity index (χ0n) is 20.5. The van der Waals surface area contributed by atoms with Crippen LogP contribution in [0.15, 0.2) is 79.0 Å². The van der Waals surface area contributed by atoms with Crippen LogP contribution >= 0.6 is 12.2 Å². The Morgan fingerprint density at radius 3 is 2.31 bits per heavy atom. The van der Waals surface area contributed by atoms with Crippen molar-refractivity contribution >= 4 is 23.0 Å². The van der Waals surface area contributed by atoms with Gasteiger partial charge in [0.25, 0.3) is 0 Å². The lowest BCUT2D eigenvalue weighted by atomic mass is 9.96. The summed E-state index contributed by atoms with van der Waals surface area (Å²) < 4.78 is 7.99. The van der Waals surface area contributed by atoms with Crippen LogP contribution in [0.2, 0.25) is 0 Å². The molecule has 0 aliphatic carbocycles.